The topological polar surface area (TPSA) is 54.1 Å². The van der Waals surface area contributed by atoms with Crippen LogP contribution in [0.3, 0.4) is 0 Å². The van der Waals surface area contributed by atoms with E-state index in [-0.39, 0.29) is 12.0 Å². The van der Waals surface area contributed by atoms with E-state index in [9.17, 15) is 9.18 Å². The predicted molar refractivity (Wildman–Crippen MR) is 115 cm³/mol. The van der Waals surface area contributed by atoms with E-state index >= 15 is 0 Å². The van der Waals surface area contributed by atoms with E-state index in [0.717, 1.165) is 35.2 Å². The number of aromatic nitrogens is 1. The minimum Gasteiger partial charge on any atom is -0.490 e. The van der Waals surface area contributed by atoms with Crippen molar-refractivity contribution in [2.75, 3.05) is 5.32 Å². The molecule has 2 aromatic carbocycles. The van der Waals surface area contributed by atoms with Crippen LogP contribution < -0.4 is 10.1 Å². The number of hydrogen-bond acceptors (Lipinski definition) is 2. The Labute approximate surface area is 174 Å². The van der Waals surface area contributed by atoms with Gasteiger partial charge in [-0.05, 0) is 68.7 Å². The molecule has 4 saturated carbocycles. The van der Waals surface area contributed by atoms with E-state index in [4.69, 9.17) is 4.74 Å². The molecule has 4 nitrogen and oxygen atoms in total. The van der Waals surface area contributed by atoms with Crippen molar-refractivity contribution in [1.29, 1.82) is 0 Å². The molecule has 5 heteroatoms. The maximum Gasteiger partial charge on any atom is 0.231 e. The fourth-order valence-electron chi connectivity index (χ4n) is 5.40. The minimum atomic E-state index is -1.07. The van der Waals surface area contributed by atoms with Gasteiger partial charge >= 0.3 is 0 Å². The number of aryl methyl sites for hydroxylation is 1. The summed E-state index contributed by atoms with van der Waals surface area (Å²) >= 11 is 0. The fourth-order valence-corrected chi connectivity index (χ4v) is 5.40. The van der Waals surface area contributed by atoms with E-state index < -0.39 is 11.1 Å². The number of ether oxygens (including phenoxy) is 1. The number of nitrogens with one attached hydrogen (secondary N) is 2. The maximum atomic E-state index is 13.8. The molecule has 30 heavy (non-hydrogen) atoms. The number of aromatic amines is 1. The number of benzene rings is 2. The quantitative estimate of drug-likeness (QED) is 0.579. The van der Waals surface area contributed by atoms with Crippen LogP contribution in [0.15, 0.2) is 48.7 Å². The van der Waals surface area contributed by atoms with E-state index in [1.807, 2.05) is 18.2 Å². The highest BCUT2D eigenvalue weighted by atomic mass is 19.1. The van der Waals surface area contributed by atoms with Crippen LogP contribution in [0.25, 0.3) is 10.9 Å². The van der Waals surface area contributed by atoms with Gasteiger partial charge in [-0.15, -0.1) is 0 Å². The molecule has 2 bridgehead atoms. The lowest BCUT2D eigenvalue weighted by Crippen LogP contribution is -2.68. The summed E-state index contributed by atoms with van der Waals surface area (Å²) in [5, 5.41) is 3.94. The zero-order valence-corrected chi connectivity index (χ0v) is 17.0. The van der Waals surface area contributed by atoms with Gasteiger partial charge in [0.25, 0.3) is 0 Å². The van der Waals surface area contributed by atoms with Crippen molar-refractivity contribution >= 4 is 22.5 Å². The highest BCUT2D eigenvalue weighted by molar-refractivity contribution is 6.05. The first-order valence-electron chi connectivity index (χ1n) is 10.8. The van der Waals surface area contributed by atoms with Gasteiger partial charge in [0.15, 0.2) is 0 Å². The summed E-state index contributed by atoms with van der Waals surface area (Å²) in [7, 11) is 0. The third-order valence-corrected chi connectivity index (χ3v) is 7.30. The summed E-state index contributed by atoms with van der Waals surface area (Å²) in [6, 6.07) is 14.7. The first kappa shape index (κ1) is 18.0. The average Bonchev–Trinajstić information content (AvgIpc) is 3.04. The van der Waals surface area contributed by atoms with Crippen LogP contribution in [0.5, 0.6) is 5.75 Å². The van der Waals surface area contributed by atoms with Crippen LogP contribution in [0.2, 0.25) is 0 Å². The molecule has 4 aliphatic carbocycles. The molecule has 0 atom stereocenters. The van der Waals surface area contributed by atoms with Crippen LogP contribution in [-0.4, -0.2) is 22.7 Å². The molecular weight excluding hydrogens is 379 g/mol. The average molecular weight is 404 g/mol. The van der Waals surface area contributed by atoms with Gasteiger partial charge in [0.1, 0.15) is 11.4 Å². The summed E-state index contributed by atoms with van der Waals surface area (Å²) in [5.74, 6) is 1.32. The van der Waals surface area contributed by atoms with Gasteiger partial charge in [0.2, 0.25) is 5.91 Å². The first-order valence-corrected chi connectivity index (χ1v) is 10.8. The predicted octanol–water partition coefficient (Wildman–Crippen LogP) is 5.63. The second-order valence-corrected chi connectivity index (χ2v) is 9.64. The minimum absolute atomic E-state index is 0.0609. The van der Waals surface area contributed by atoms with Crippen LogP contribution in [-0.2, 0) is 4.79 Å². The van der Waals surface area contributed by atoms with Gasteiger partial charge in [0.05, 0.1) is 17.2 Å². The Morgan fingerprint density at radius 1 is 1.13 bits per heavy atom. The largest absolute Gasteiger partial charge is 0.490 e. The summed E-state index contributed by atoms with van der Waals surface area (Å²) in [5.41, 5.74) is 2.80. The van der Waals surface area contributed by atoms with Crippen molar-refractivity contribution < 1.29 is 13.9 Å². The molecule has 154 valence electrons. The maximum absolute atomic E-state index is 13.8. The first-order chi connectivity index (χ1) is 14.4. The zero-order valence-electron chi connectivity index (χ0n) is 17.0. The smallest absolute Gasteiger partial charge is 0.231 e. The van der Waals surface area contributed by atoms with Gasteiger partial charge in [0, 0.05) is 17.1 Å². The van der Waals surface area contributed by atoms with Crippen molar-refractivity contribution in [2.24, 2.45) is 5.41 Å². The fraction of sp³-hybridized carbons (Fsp3) is 0.400. The third-order valence-electron chi connectivity index (χ3n) is 7.30. The number of hydrogen-bond donors (Lipinski definition) is 2. The monoisotopic (exact) mass is 404 g/mol. The van der Waals surface area contributed by atoms with Crippen molar-refractivity contribution in [1.82, 2.24) is 4.98 Å². The molecule has 4 fully saturated rings. The Kier molecular flexibility index (Phi) is 3.66. The van der Waals surface area contributed by atoms with Gasteiger partial charge in [-0.25, -0.2) is 4.39 Å². The molecule has 7 rings (SSSR count). The second-order valence-electron chi connectivity index (χ2n) is 9.64. The van der Waals surface area contributed by atoms with Gasteiger partial charge in [-0.1, -0.05) is 29.8 Å². The molecule has 3 aromatic rings. The molecule has 0 aliphatic heterocycles. The lowest BCUT2D eigenvalue weighted by atomic mass is 9.42. The Balaban J connectivity index is 1.12. The summed E-state index contributed by atoms with van der Waals surface area (Å²) in [6.07, 6.45) is 5.16. The van der Waals surface area contributed by atoms with Crippen LogP contribution >= 0.6 is 0 Å². The summed E-state index contributed by atoms with van der Waals surface area (Å²) in [6.45, 7) is 2.11. The number of rotatable bonds is 5. The number of anilines is 1. The van der Waals surface area contributed by atoms with E-state index in [1.54, 1.807) is 6.20 Å². The molecule has 0 radical (unpaired) electrons. The lowest BCUT2D eigenvalue weighted by molar-refractivity contribution is -0.209. The summed E-state index contributed by atoms with van der Waals surface area (Å²) < 4.78 is 20.0. The van der Waals surface area contributed by atoms with Crippen molar-refractivity contribution in [3.63, 3.8) is 0 Å². The Morgan fingerprint density at radius 3 is 2.57 bits per heavy atom. The van der Waals surface area contributed by atoms with Gasteiger partial charge in [-0.2, -0.15) is 0 Å². The number of halogens is 1. The highest BCUT2D eigenvalue weighted by Crippen LogP contribution is 2.69. The number of H-pyrrole nitrogens is 1. The standard InChI is InChI=1S/C25H25FN2O2/c1-15-2-4-16(5-3-15)17-8-19(9-17)30-18-6-7-21-20(10-18)22(11-27-21)28-23(29)24-12-25(26,13-24)14-24/h2-7,10-11,17,19,27H,8-9,12-14H2,1H3,(H,28,29)/t17-,19-,24?,25?. The van der Waals surface area contributed by atoms with Gasteiger partial charge < -0.3 is 15.0 Å². The molecule has 4 aliphatic rings. The Morgan fingerprint density at radius 2 is 1.87 bits per heavy atom. The Bertz CT molecular complexity index is 1120. The Hall–Kier alpha value is -2.82. The molecule has 1 heterocycles. The van der Waals surface area contributed by atoms with Crippen molar-refractivity contribution in [2.45, 2.75) is 56.7 Å². The van der Waals surface area contributed by atoms with E-state index in [2.05, 4.69) is 41.5 Å². The third kappa shape index (κ3) is 2.75. The molecule has 0 spiro atoms. The normalized spacial score (nSPS) is 31.4. The highest BCUT2D eigenvalue weighted by Gasteiger charge is 2.72. The SMILES string of the molecule is Cc1ccc([C@H]2C[C@H](Oc3ccc4[nH]cc(NC(=O)C56CC(F)(C5)C6)c4c3)C2)cc1. The van der Waals surface area contributed by atoms with E-state index in [0.29, 0.717) is 25.2 Å². The number of fused-ring (bicyclic) bond motifs is 1. The van der Waals surface area contributed by atoms with Crippen LogP contribution in [0.1, 0.15) is 49.1 Å². The zero-order chi connectivity index (χ0) is 20.5. The lowest BCUT2D eigenvalue weighted by Gasteiger charge is -2.64. The van der Waals surface area contributed by atoms with Crippen molar-refractivity contribution in [3.05, 3.63) is 59.8 Å². The molecule has 0 saturated heterocycles. The molecule has 0 unspecified atom stereocenters. The van der Waals surface area contributed by atoms with Crippen molar-refractivity contribution in [3.8, 4) is 5.75 Å². The molecular formula is C25H25FN2O2. The second kappa shape index (κ2) is 6.10. The van der Waals surface area contributed by atoms with Crippen LogP contribution in [0, 0.1) is 12.3 Å². The van der Waals surface area contributed by atoms with E-state index in [1.165, 1.54) is 11.1 Å². The summed E-state index contributed by atoms with van der Waals surface area (Å²) in [4.78, 5) is 15.8. The molecule has 2 N–H and O–H groups in total. The number of carbonyl (C=O) groups excluding carboxylic acids is 1. The molecule has 1 aromatic heterocycles. The number of amides is 1. The van der Waals surface area contributed by atoms with Gasteiger partial charge in [-0.3, -0.25) is 4.79 Å². The molecule has 1 amide bonds. The number of carbonyl (C=O) groups is 1. The van der Waals surface area contributed by atoms with Crippen LogP contribution in [0.4, 0.5) is 10.1 Å². The number of alkyl halides is 1.